The summed E-state index contributed by atoms with van der Waals surface area (Å²) in [5.41, 5.74) is 0.960. The van der Waals surface area contributed by atoms with E-state index in [1.165, 1.54) is 13.2 Å². The van der Waals surface area contributed by atoms with E-state index in [-0.39, 0.29) is 5.82 Å². The van der Waals surface area contributed by atoms with E-state index >= 15 is 0 Å². The summed E-state index contributed by atoms with van der Waals surface area (Å²) in [4.78, 5) is 2.16. The third-order valence-electron chi connectivity index (χ3n) is 2.59. The first kappa shape index (κ1) is 13.9. The number of hydrogen-bond acceptors (Lipinski definition) is 3. The Balaban J connectivity index is 2.48. The third kappa shape index (κ3) is 4.71. The lowest BCUT2D eigenvalue weighted by Crippen LogP contribution is -2.28. The van der Waals surface area contributed by atoms with Crippen LogP contribution in [-0.2, 0) is 6.54 Å². The van der Waals surface area contributed by atoms with Crippen LogP contribution in [0, 0.1) is 5.82 Å². The number of nitrogens with one attached hydrogen (secondary N) is 1. The number of methoxy groups -OCH3 is 1. The lowest BCUT2D eigenvalue weighted by atomic mass is 10.2. The van der Waals surface area contributed by atoms with Gasteiger partial charge in [0.25, 0.3) is 0 Å². The maximum Gasteiger partial charge on any atom is 0.165 e. The summed E-state index contributed by atoms with van der Waals surface area (Å²) in [7, 11) is 3.50. The van der Waals surface area contributed by atoms with E-state index in [1.54, 1.807) is 6.07 Å². The van der Waals surface area contributed by atoms with Crippen LogP contribution >= 0.6 is 0 Å². The summed E-state index contributed by atoms with van der Waals surface area (Å²) in [6, 6.07) is 5.09. The number of benzene rings is 1. The molecule has 1 aromatic rings. The van der Waals surface area contributed by atoms with Crippen molar-refractivity contribution in [3.05, 3.63) is 29.6 Å². The zero-order valence-electron chi connectivity index (χ0n) is 10.8. The Morgan fingerprint density at radius 3 is 2.76 bits per heavy atom. The number of likely N-dealkylation sites (N-methyl/N-ethyl adjacent to an activating group) is 2. The van der Waals surface area contributed by atoms with Gasteiger partial charge in [-0.3, -0.25) is 0 Å². The predicted molar refractivity (Wildman–Crippen MR) is 67.8 cm³/mol. The van der Waals surface area contributed by atoms with Crippen molar-refractivity contribution < 1.29 is 9.13 Å². The van der Waals surface area contributed by atoms with Crippen LogP contribution in [0.1, 0.15) is 12.5 Å². The molecular formula is C13H21FN2O. The van der Waals surface area contributed by atoms with Crippen LogP contribution in [-0.4, -0.2) is 38.7 Å². The molecule has 0 aliphatic rings. The van der Waals surface area contributed by atoms with Gasteiger partial charge in [-0.1, -0.05) is 13.0 Å². The van der Waals surface area contributed by atoms with Gasteiger partial charge in [-0.15, -0.1) is 0 Å². The van der Waals surface area contributed by atoms with E-state index in [0.29, 0.717) is 5.75 Å². The Labute approximate surface area is 103 Å². The van der Waals surface area contributed by atoms with Crippen molar-refractivity contribution in [2.75, 3.05) is 33.8 Å². The highest BCUT2D eigenvalue weighted by Gasteiger charge is 2.05. The topological polar surface area (TPSA) is 24.5 Å². The van der Waals surface area contributed by atoms with Gasteiger partial charge in [0.1, 0.15) is 0 Å². The number of rotatable bonds is 7. The second kappa shape index (κ2) is 7.25. The summed E-state index contributed by atoms with van der Waals surface area (Å²) in [5.74, 6) is -0.00543. The van der Waals surface area contributed by atoms with E-state index in [9.17, 15) is 4.39 Å². The van der Waals surface area contributed by atoms with Crippen LogP contribution in [0.4, 0.5) is 4.39 Å². The van der Waals surface area contributed by atoms with Crippen molar-refractivity contribution in [2.24, 2.45) is 0 Å². The van der Waals surface area contributed by atoms with Crippen LogP contribution < -0.4 is 10.1 Å². The Kier molecular flexibility index (Phi) is 5.94. The highest BCUT2D eigenvalue weighted by Crippen LogP contribution is 2.18. The highest BCUT2D eigenvalue weighted by molar-refractivity contribution is 5.29. The molecule has 0 saturated carbocycles. The summed E-state index contributed by atoms with van der Waals surface area (Å²) >= 11 is 0. The molecule has 0 aliphatic carbocycles. The lowest BCUT2D eigenvalue weighted by molar-refractivity contribution is 0.324. The molecule has 17 heavy (non-hydrogen) atoms. The van der Waals surface area contributed by atoms with Crippen LogP contribution in [0.25, 0.3) is 0 Å². The molecule has 0 aromatic heterocycles. The molecule has 0 amide bonds. The fraction of sp³-hybridized carbons (Fsp3) is 0.538. The number of halogens is 1. The first-order valence-electron chi connectivity index (χ1n) is 5.89. The van der Waals surface area contributed by atoms with Crippen molar-refractivity contribution >= 4 is 0 Å². The Morgan fingerprint density at radius 1 is 1.41 bits per heavy atom. The molecule has 3 nitrogen and oxygen atoms in total. The van der Waals surface area contributed by atoms with Crippen LogP contribution in [0.15, 0.2) is 18.2 Å². The van der Waals surface area contributed by atoms with Gasteiger partial charge in [0.2, 0.25) is 0 Å². The predicted octanol–water partition coefficient (Wildman–Crippen LogP) is 1.88. The molecule has 0 radical (unpaired) electrons. The fourth-order valence-corrected chi connectivity index (χ4v) is 1.65. The molecule has 1 N–H and O–H groups in total. The molecule has 0 fully saturated rings. The molecule has 0 bridgehead atoms. The number of ether oxygens (including phenoxy) is 1. The van der Waals surface area contributed by atoms with E-state index in [1.807, 2.05) is 13.1 Å². The van der Waals surface area contributed by atoms with Gasteiger partial charge in [-0.25, -0.2) is 4.39 Å². The summed E-state index contributed by atoms with van der Waals surface area (Å²) in [6.07, 6.45) is 0. The SMILES string of the molecule is CCNCCN(C)Cc1ccc(OC)c(F)c1. The minimum Gasteiger partial charge on any atom is -0.494 e. The fourth-order valence-electron chi connectivity index (χ4n) is 1.65. The molecule has 4 heteroatoms. The second-order valence-corrected chi connectivity index (χ2v) is 4.06. The van der Waals surface area contributed by atoms with Crippen molar-refractivity contribution in [3.8, 4) is 5.75 Å². The van der Waals surface area contributed by atoms with Gasteiger partial charge in [0.05, 0.1) is 7.11 Å². The zero-order valence-corrected chi connectivity index (χ0v) is 10.8. The van der Waals surface area contributed by atoms with Gasteiger partial charge in [0.15, 0.2) is 11.6 Å². The molecule has 0 aliphatic heterocycles. The van der Waals surface area contributed by atoms with E-state index in [2.05, 4.69) is 17.1 Å². The minimum absolute atomic E-state index is 0.295. The number of nitrogens with zero attached hydrogens (tertiary/aromatic N) is 1. The van der Waals surface area contributed by atoms with Crippen molar-refractivity contribution in [1.29, 1.82) is 0 Å². The molecule has 0 heterocycles. The van der Waals surface area contributed by atoms with Gasteiger partial charge in [0, 0.05) is 19.6 Å². The first-order valence-corrected chi connectivity index (χ1v) is 5.89. The average molecular weight is 240 g/mol. The average Bonchev–Trinajstić information content (AvgIpc) is 2.29. The normalized spacial score (nSPS) is 10.9. The maximum atomic E-state index is 13.5. The third-order valence-corrected chi connectivity index (χ3v) is 2.59. The van der Waals surface area contributed by atoms with Gasteiger partial charge < -0.3 is 15.0 Å². The molecule has 1 rings (SSSR count). The van der Waals surface area contributed by atoms with Crippen LogP contribution in [0.3, 0.4) is 0 Å². The second-order valence-electron chi connectivity index (χ2n) is 4.06. The highest BCUT2D eigenvalue weighted by atomic mass is 19.1. The van der Waals surface area contributed by atoms with E-state index in [4.69, 9.17) is 4.74 Å². The number of hydrogen-bond donors (Lipinski definition) is 1. The monoisotopic (exact) mass is 240 g/mol. The molecule has 0 unspecified atom stereocenters. The molecule has 0 atom stereocenters. The van der Waals surface area contributed by atoms with Crippen LogP contribution in [0.5, 0.6) is 5.75 Å². The smallest absolute Gasteiger partial charge is 0.165 e. The molecule has 0 saturated heterocycles. The quantitative estimate of drug-likeness (QED) is 0.736. The minimum atomic E-state index is -0.301. The summed E-state index contributed by atoms with van der Waals surface area (Å²) in [6.45, 7) is 5.70. The molecule has 1 aromatic carbocycles. The first-order chi connectivity index (χ1) is 8.17. The van der Waals surface area contributed by atoms with Crippen molar-refractivity contribution in [3.63, 3.8) is 0 Å². The maximum absolute atomic E-state index is 13.5. The molecule has 96 valence electrons. The summed E-state index contributed by atoms with van der Waals surface area (Å²) in [5, 5.41) is 3.26. The van der Waals surface area contributed by atoms with Crippen LogP contribution in [0.2, 0.25) is 0 Å². The summed E-state index contributed by atoms with van der Waals surface area (Å²) < 4.78 is 18.3. The van der Waals surface area contributed by atoms with Gasteiger partial charge in [-0.2, -0.15) is 0 Å². The molecule has 0 spiro atoms. The van der Waals surface area contributed by atoms with Crippen molar-refractivity contribution in [1.82, 2.24) is 10.2 Å². The van der Waals surface area contributed by atoms with Crippen molar-refractivity contribution in [2.45, 2.75) is 13.5 Å². The standard InChI is InChI=1S/C13H21FN2O/c1-4-15-7-8-16(2)10-11-5-6-13(17-3)12(14)9-11/h5-6,9,15H,4,7-8,10H2,1-3H3. The van der Waals surface area contributed by atoms with E-state index in [0.717, 1.165) is 31.7 Å². The van der Waals surface area contributed by atoms with Gasteiger partial charge in [-0.05, 0) is 31.3 Å². The molecular weight excluding hydrogens is 219 g/mol. The lowest BCUT2D eigenvalue weighted by Gasteiger charge is -2.17. The Morgan fingerprint density at radius 2 is 2.18 bits per heavy atom. The largest absolute Gasteiger partial charge is 0.494 e. The van der Waals surface area contributed by atoms with E-state index < -0.39 is 0 Å². The Bertz CT molecular complexity index is 344. The zero-order chi connectivity index (χ0) is 12.7. The Hall–Kier alpha value is -1.13. The van der Waals surface area contributed by atoms with Gasteiger partial charge >= 0.3 is 0 Å².